The van der Waals surface area contributed by atoms with Crippen molar-refractivity contribution in [2.45, 2.75) is 38.2 Å². The number of carboxylic acid groups (broad SMARTS) is 1. The minimum Gasteiger partial charge on any atom is -0.490 e. The molecule has 1 aromatic carbocycles. The van der Waals surface area contributed by atoms with Crippen LogP contribution in [0.4, 0.5) is 5.69 Å². The first kappa shape index (κ1) is 17.0. The monoisotopic (exact) mass is 356 g/mol. The van der Waals surface area contributed by atoms with Gasteiger partial charge < -0.3 is 20.1 Å². The first-order chi connectivity index (χ1) is 12.7. The zero-order chi connectivity index (χ0) is 17.9. The smallest absolute Gasteiger partial charge is 0.373 e. The van der Waals surface area contributed by atoms with Crippen LogP contribution in [-0.4, -0.2) is 53.3 Å². The number of fused-ring (bicyclic) bond motifs is 1. The molecule has 3 heterocycles. The van der Waals surface area contributed by atoms with Crippen molar-refractivity contribution < 1.29 is 14.6 Å². The lowest BCUT2D eigenvalue weighted by molar-refractivity contribution is 0.0684. The van der Waals surface area contributed by atoms with Crippen LogP contribution in [0.3, 0.4) is 0 Å². The quantitative estimate of drug-likeness (QED) is 0.870. The Morgan fingerprint density at radius 3 is 2.69 bits per heavy atom. The molecular weight excluding hydrogens is 332 g/mol. The highest BCUT2D eigenvalue weighted by molar-refractivity contribution is 5.97. The summed E-state index contributed by atoms with van der Waals surface area (Å²) >= 11 is 0. The Morgan fingerprint density at radius 2 is 1.96 bits per heavy atom. The van der Waals surface area contributed by atoms with Crippen LogP contribution in [0.15, 0.2) is 18.3 Å². The maximum absolute atomic E-state index is 11.4. The van der Waals surface area contributed by atoms with Gasteiger partial charge in [-0.1, -0.05) is 0 Å². The Bertz CT molecular complexity index is 799. The SMILES string of the molecule is O=C(O)c1ncc2c(OC3CCNCC3)ccc(N3CCCCC3)c2n1. The molecule has 2 aliphatic heterocycles. The van der Waals surface area contributed by atoms with Crippen molar-refractivity contribution in [2.75, 3.05) is 31.1 Å². The first-order valence-corrected chi connectivity index (χ1v) is 9.38. The third-order valence-corrected chi connectivity index (χ3v) is 5.16. The van der Waals surface area contributed by atoms with Crippen molar-refractivity contribution in [3.05, 3.63) is 24.2 Å². The highest BCUT2D eigenvalue weighted by Gasteiger charge is 2.21. The molecule has 2 N–H and O–H groups in total. The number of nitrogens with zero attached hydrogens (tertiary/aromatic N) is 3. The van der Waals surface area contributed by atoms with Gasteiger partial charge in [-0.25, -0.2) is 14.8 Å². The number of piperidine rings is 2. The molecule has 0 radical (unpaired) electrons. The number of rotatable bonds is 4. The highest BCUT2D eigenvalue weighted by Crippen LogP contribution is 2.34. The van der Waals surface area contributed by atoms with Gasteiger partial charge in [0.25, 0.3) is 0 Å². The van der Waals surface area contributed by atoms with Crippen LogP contribution in [0, 0.1) is 0 Å². The third kappa shape index (κ3) is 3.44. The Balaban J connectivity index is 1.75. The minimum absolute atomic E-state index is 0.166. The van der Waals surface area contributed by atoms with Gasteiger partial charge in [-0.3, -0.25) is 0 Å². The molecule has 0 spiro atoms. The summed E-state index contributed by atoms with van der Waals surface area (Å²) in [5, 5.41) is 13.4. The average Bonchev–Trinajstić information content (AvgIpc) is 2.69. The largest absolute Gasteiger partial charge is 0.490 e. The van der Waals surface area contributed by atoms with Crippen molar-refractivity contribution >= 4 is 22.6 Å². The fraction of sp³-hybridized carbons (Fsp3) is 0.526. The molecule has 0 unspecified atom stereocenters. The molecule has 7 nitrogen and oxygen atoms in total. The fourth-order valence-electron chi connectivity index (χ4n) is 3.77. The Labute approximate surface area is 152 Å². The average molecular weight is 356 g/mol. The van der Waals surface area contributed by atoms with Crippen molar-refractivity contribution in [3.63, 3.8) is 0 Å². The number of nitrogens with one attached hydrogen (secondary N) is 1. The van der Waals surface area contributed by atoms with E-state index in [2.05, 4.69) is 20.2 Å². The van der Waals surface area contributed by atoms with E-state index in [1.165, 1.54) is 6.42 Å². The van der Waals surface area contributed by atoms with Crippen molar-refractivity contribution in [1.29, 1.82) is 0 Å². The number of hydrogen-bond donors (Lipinski definition) is 2. The second-order valence-electron chi connectivity index (χ2n) is 6.96. The zero-order valence-electron chi connectivity index (χ0n) is 14.8. The molecular formula is C19H24N4O3. The van der Waals surface area contributed by atoms with Gasteiger partial charge in [0.15, 0.2) is 0 Å². The number of aromatic carboxylic acids is 1. The molecule has 1 aromatic heterocycles. The van der Waals surface area contributed by atoms with Crippen LogP contribution in [0.5, 0.6) is 5.75 Å². The molecule has 2 fully saturated rings. The fourth-order valence-corrected chi connectivity index (χ4v) is 3.77. The number of carbonyl (C=O) groups is 1. The molecule has 0 amide bonds. The zero-order valence-corrected chi connectivity index (χ0v) is 14.8. The molecule has 0 saturated carbocycles. The van der Waals surface area contributed by atoms with Gasteiger partial charge in [-0.2, -0.15) is 0 Å². The molecule has 0 aliphatic carbocycles. The predicted molar refractivity (Wildman–Crippen MR) is 99.1 cm³/mol. The molecule has 4 rings (SSSR count). The molecule has 26 heavy (non-hydrogen) atoms. The lowest BCUT2D eigenvalue weighted by Crippen LogP contribution is -2.34. The standard InChI is InChI=1S/C19H24N4O3/c24-19(25)18-21-12-14-16(26-13-6-8-20-9-7-13)5-4-15(17(14)22-18)23-10-2-1-3-11-23/h4-5,12-13,20H,1-3,6-11H2,(H,24,25). The number of ether oxygens (including phenoxy) is 1. The molecule has 2 aliphatic rings. The summed E-state index contributed by atoms with van der Waals surface area (Å²) < 4.78 is 6.23. The van der Waals surface area contributed by atoms with Gasteiger partial charge in [0.05, 0.1) is 11.1 Å². The van der Waals surface area contributed by atoms with E-state index in [9.17, 15) is 9.90 Å². The van der Waals surface area contributed by atoms with E-state index in [1.807, 2.05) is 12.1 Å². The third-order valence-electron chi connectivity index (χ3n) is 5.16. The van der Waals surface area contributed by atoms with E-state index in [0.717, 1.165) is 68.7 Å². The second kappa shape index (κ2) is 7.45. The van der Waals surface area contributed by atoms with Crippen LogP contribution < -0.4 is 15.0 Å². The lowest BCUT2D eigenvalue weighted by Gasteiger charge is -2.30. The van der Waals surface area contributed by atoms with Gasteiger partial charge >= 0.3 is 5.97 Å². The topological polar surface area (TPSA) is 87.6 Å². The van der Waals surface area contributed by atoms with E-state index >= 15 is 0 Å². The lowest BCUT2D eigenvalue weighted by atomic mass is 10.1. The van der Waals surface area contributed by atoms with E-state index in [4.69, 9.17) is 4.74 Å². The summed E-state index contributed by atoms with van der Waals surface area (Å²) in [6, 6.07) is 4.00. The van der Waals surface area contributed by atoms with E-state index in [0.29, 0.717) is 5.52 Å². The predicted octanol–water partition coefficient (Wildman–Crippen LogP) is 2.45. The van der Waals surface area contributed by atoms with E-state index in [-0.39, 0.29) is 11.9 Å². The van der Waals surface area contributed by atoms with Crippen LogP contribution in [0.25, 0.3) is 10.9 Å². The molecule has 7 heteroatoms. The first-order valence-electron chi connectivity index (χ1n) is 9.38. The molecule has 0 atom stereocenters. The Morgan fingerprint density at radius 1 is 1.19 bits per heavy atom. The van der Waals surface area contributed by atoms with Crippen LogP contribution in [0.2, 0.25) is 0 Å². The second-order valence-corrected chi connectivity index (χ2v) is 6.96. The van der Waals surface area contributed by atoms with Gasteiger partial charge in [-0.15, -0.1) is 0 Å². The summed E-state index contributed by atoms with van der Waals surface area (Å²) in [4.78, 5) is 22.0. The number of benzene rings is 1. The maximum atomic E-state index is 11.4. The van der Waals surface area contributed by atoms with Crippen molar-refractivity contribution in [1.82, 2.24) is 15.3 Å². The number of aromatic nitrogens is 2. The van der Waals surface area contributed by atoms with Crippen molar-refractivity contribution in [3.8, 4) is 5.75 Å². The summed E-state index contributed by atoms with van der Waals surface area (Å²) in [6.07, 6.45) is 7.21. The number of carboxylic acids is 1. The van der Waals surface area contributed by atoms with Gasteiger partial charge in [0.2, 0.25) is 5.82 Å². The maximum Gasteiger partial charge on any atom is 0.373 e. The minimum atomic E-state index is -1.11. The van der Waals surface area contributed by atoms with E-state index in [1.54, 1.807) is 6.20 Å². The molecule has 138 valence electrons. The van der Waals surface area contributed by atoms with E-state index < -0.39 is 5.97 Å². The van der Waals surface area contributed by atoms with Gasteiger partial charge in [-0.05, 0) is 57.3 Å². The Hall–Kier alpha value is -2.41. The van der Waals surface area contributed by atoms with Crippen LogP contribution in [-0.2, 0) is 0 Å². The summed E-state index contributed by atoms with van der Waals surface area (Å²) in [6.45, 7) is 3.84. The number of anilines is 1. The number of hydrogen-bond acceptors (Lipinski definition) is 6. The van der Waals surface area contributed by atoms with Crippen molar-refractivity contribution in [2.24, 2.45) is 0 Å². The molecule has 0 bridgehead atoms. The molecule has 2 saturated heterocycles. The summed E-state index contributed by atoms with van der Waals surface area (Å²) in [7, 11) is 0. The molecule has 2 aromatic rings. The Kier molecular flexibility index (Phi) is 4.88. The van der Waals surface area contributed by atoms with Gasteiger partial charge in [0, 0.05) is 19.3 Å². The summed E-state index contributed by atoms with van der Waals surface area (Å²) in [5.41, 5.74) is 1.65. The van der Waals surface area contributed by atoms with Crippen LogP contribution >= 0.6 is 0 Å². The van der Waals surface area contributed by atoms with Crippen LogP contribution in [0.1, 0.15) is 42.7 Å². The highest BCUT2D eigenvalue weighted by atomic mass is 16.5. The normalized spacial score (nSPS) is 18.8. The summed E-state index contributed by atoms with van der Waals surface area (Å²) in [5.74, 6) is -0.541. The van der Waals surface area contributed by atoms with Gasteiger partial charge in [0.1, 0.15) is 17.4 Å².